The van der Waals surface area contributed by atoms with E-state index in [1.807, 2.05) is 0 Å². The Labute approximate surface area is 123 Å². The van der Waals surface area contributed by atoms with Gasteiger partial charge in [-0.1, -0.05) is 12.1 Å². The average molecular weight is 286 g/mol. The lowest BCUT2D eigenvalue weighted by molar-refractivity contribution is 0.112. The van der Waals surface area contributed by atoms with E-state index in [9.17, 15) is 0 Å². The van der Waals surface area contributed by atoms with Crippen LogP contribution in [0.2, 0.25) is 0 Å². The van der Waals surface area contributed by atoms with Crippen molar-refractivity contribution in [3.05, 3.63) is 39.7 Å². The minimum atomic E-state index is 0.232. The van der Waals surface area contributed by atoms with Crippen LogP contribution < -0.4 is 5.32 Å². The molecule has 0 amide bonds. The zero-order chi connectivity index (χ0) is 13.4. The van der Waals surface area contributed by atoms with Crippen LogP contribution in [0.3, 0.4) is 0 Å². The third kappa shape index (κ3) is 2.28. The quantitative estimate of drug-likeness (QED) is 0.919. The second-order valence-corrected chi connectivity index (χ2v) is 6.37. The van der Waals surface area contributed by atoms with E-state index in [2.05, 4.69) is 28.9 Å². The van der Waals surface area contributed by atoms with Crippen LogP contribution in [0.25, 0.3) is 11.3 Å². The average Bonchev–Trinajstić information content (AvgIpc) is 3.17. The predicted molar refractivity (Wildman–Crippen MR) is 80.9 cm³/mol. The number of rotatable bonds is 2. The molecule has 104 valence electrons. The fraction of sp³-hybridized carbons (Fsp3) is 0.438. The van der Waals surface area contributed by atoms with Crippen molar-refractivity contribution in [1.29, 1.82) is 0 Å². The minimum Gasteiger partial charge on any atom is -0.371 e. The summed E-state index contributed by atoms with van der Waals surface area (Å²) in [6.45, 7) is 2.95. The molecular formula is C16H18N2OS. The number of hydrogen-bond acceptors (Lipinski definition) is 4. The summed E-state index contributed by atoms with van der Waals surface area (Å²) >= 11 is 1.73. The van der Waals surface area contributed by atoms with Crippen molar-refractivity contribution in [2.24, 2.45) is 0 Å². The van der Waals surface area contributed by atoms with Crippen LogP contribution in [-0.2, 0) is 17.7 Å². The van der Waals surface area contributed by atoms with Crippen molar-refractivity contribution in [3.63, 3.8) is 0 Å². The number of thiazole rings is 1. The van der Waals surface area contributed by atoms with Gasteiger partial charge in [0.1, 0.15) is 11.1 Å². The van der Waals surface area contributed by atoms with Crippen LogP contribution in [0, 0.1) is 0 Å². The van der Waals surface area contributed by atoms with Gasteiger partial charge in [0, 0.05) is 24.1 Å². The molecule has 1 fully saturated rings. The lowest BCUT2D eigenvalue weighted by Crippen LogP contribution is -2.23. The number of nitrogens with zero attached hydrogens (tertiary/aromatic N) is 1. The van der Waals surface area contributed by atoms with Crippen LogP contribution in [0.15, 0.2) is 23.6 Å². The second kappa shape index (κ2) is 5.28. The van der Waals surface area contributed by atoms with Gasteiger partial charge in [0.2, 0.25) is 0 Å². The van der Waals surface area contributed by atoms with E-state index < -0.39 is 0 Å². The van der Waals surface area contributed by atoms with Gasteiger partial charge in [-0.05, 0) is 43.0 Å². The van der Waals surface area contributed by atoms with Gasteiger partial charge in [0.05, 0.1) is 5.69 Å². The molecule has 3 nitrogen and oxygen atoms in total. The molecule has 1 aromatic carbocycles. The maximum absolute atomic E-state index is 5.72. The summed E-state index contributed by atoms with van der Waals surface area (Å²) in [5.74, 6) is 0. The molecule has 1 N–H and O–H groups in total. The molecule has 4 heteroatoms. The highest BCUT2D eigenvalue weighted by Gasteiger charge is 2.21. The van der Waals surface area contributed by atoms with Gasteiger partial charge < -0.3 is 10.1 Å². The molecule has 1 saturated heterocycles. The van der Waals surface area contributed by atoms with Crippen LogP contribution in [-0.4, -0.2) is 18.1 Å². The first-order valence-corrected chi connectivity index (χ1v) is 8.18. The molecular weight excluding hydrogens is 268 g/mol. The summed E-state index contributed by atoms with van der Waals surface area (Å²) in [5.41, 5.74) is 5.23. The van der Waals surface area contributed by atoms with E-state index in [0.717, 1.165) is 49.7 Å². The van der Waals surface area contributed by atoms with E-state index in [4.69, 9.17) is 9.72 Å². The SMILES string of the molecule is c1cc2c(cc1-c1csc(C3CCCO3)n1)CCNC2. The van der Waals surface area contributed by atoms with Crippen molar-refractivity contribution in [2.45, 2.75) is 31.9 Å². The smallest absolute Gasteiger partial charge is 0.122 e. The Morgan fingerprint density at radius 2 is 2.30 bits per heavy atom. The Hall–Kier alpha value is -1.23. The van der Waals surface area contributed by atoms with Crippen molar-refractivity contribution < 1.29 is 4.74 Å². The summed E-state index contributed by atoms with van der Waals surface area (Å²) in [5, 5.41) is 6.71. The van der Waals surface area contributed by atoms with Crippen LogP contribution in [0.4, 0.5) is 0 Å². The van der Waals surface area contributed by atoms with Gasteiger partial charge in [-0.3, -0.25) is 0 Å². The topological polar surface area (TPSA) is 34.1 Å². The fourth-order valence-electron chi connectivity index (χ4n) is 2.98. The lowest BCUT2D eigenvalue weighted by Gasteiger charge is -2.17. The first kappa shape index (κ1) is 12.5. The van der Waals surface area contributed by atoms with Crippen molar-refractivity contribution >= 4 is 11.3 Å². The normalized spacial score (nSPS) is 21.9. The zero-order valence-corrected chi connectivity index (χ0v) is 12.2. The van der Waals surface area contributed by atoms with E-state index in [1.54, 1.807) is 11.3 Å². The van der Waals surface area contributed by atoms with Gasteiger partial charge in [-0.2, -0.15) is 0 Å². The monoisotopic (exact) mass is 286 g/mol. The number of hydrogen-bond donors (Lipinski definition) is 1. The molecule has 0 radical (unpaired) electrons. The second-order valence-electron chi connectivity index (χ2n) is 5.48. The number of nitrogens with one attached hydrogen (secondary N) is 1. The first-order chi connectivity index (χ1) is 9.90. The maximum atomic E-state index is 5.72. The van der Waals surface area contributed by atoms with E-state index >= 15 is 0 Å². The molecule has 0 aliphatic carbocycles. The molecule has 0 spiro atoms. The minimum absolute atomic E-state index is 0.232. The largest absolute Gasteiger partial charge is 0.371 e. The number of aromatic nitrogens is 1. The highest BCUT2D eigenvalue weighted by atomic mass is 32.1. The number of ether oxygens (including phenoxy) is 1. The molecule has 1 aromatic heterocycles. The van der Waals surface area contributed by atoms with Gasteiger partial charge in [0.25, 0.3) is 0 Å². The highest BCUT2D eigenvalue weighted by Crippen LogP contribution is 2.33. The Kier molecular flexibility index (Phi) is 3.30. The van der Waals surface area contributed by atoms with Crippen molar-refractivity contribution in [1.82, 2.24) is 10.3 Å². The van der Waals surface area contributed by atoms with Gasteiger partial charge in [-0.15, -0.1) is 11.3 Å². The Morgan fingerprint density at radius 1 is 1.30 bits per heavy atom. The fourth-order valence-corrected chi connectivity index (χ4v) is 3.89. The zero-order valence-electron chi connectivity index (χ0n) is 11.4. The molecule has 2 aliphatic heterocycles. The molecule has 2 aromatic rings. The van der Waals surface area contributed by atoms with Gasteiger partial charge >= 0.3 is 0 Å². The Balaban J connectivity index is 1.63. The summed E-state index contributed by atoms with van der Waals surface area (Å²) in [7, 11) is 0. The molecule has 3 heterocycles. The van der Waals surface area contributed by atoms with Crippen molar-refractivity contribution in [2.75, 3.05) is 13.2 Å². The van der Waals surface area contributed by atoms with E-state index in [0.29, 0.717) is 0 Å². The van der Waals surface area contributed by atoms with Gasteiger partial charge in [0.15, 0.2) is 0 Å². The lowest BCUT2D eigenvalue weighted by atomic mass is 9.98. The molecule has 1 atom stereocenters. The standard InChI is InChI=1S/C16H18N2OS/c1-2-15(19-7-1)16-18-14(10-20-16)12-3-4-13-9-17-6-5-11(13)8-12/h3-4,8,10,15,17H,1-2,5-7,9H2. The number of benzene rings is 1. The van der Waals surface area contributed by atoms with E-state index in [1.165, 1.54) is 16.7 Å². The molecule has 0 saturated carbocycles. The Bertz CT molecular complexity index is 617. The highest BCUT2D eigenvalue weighted by molar-refractivity contribution is 7.10. The maximum Gasteiger partial charge on any atom is 0.122 e. The van der Waals surface area contributed by atoms with Crippen LogP contribution >= 0.6 is 11.3 Å². The summed E-state index contributed by atoms with van der Waals surface area (Å²) in [6, 6.07) is 6.74. The Morgan fingerprint density at radius 3 is 3.20 bits per heavy atom. The summed E-state index contributed by atoms with van der Waals surface area (Å²) in [6.07, 6.45) is 3.62. The molecule has 2 aliphatic rings. The molecule has 0 bridgehead atoms. The number of fused-ring (bicyclic) bond motifs is 1. The van der Waals surface area contributed by atoms with E-state index in [-0.39, 0.29) is 6.10 Å². The van der Waals surface area contributed by atoms with Gasteiger partial charge in [-0.25, -0.2) is 4.98 Å². The first-order valence-electron chi connectivity index (χ1n) is 7.30. The third-order valence-electron chi connectivity index (χ3n) is 4.12. The van der Waals surface area contributed by atoms with Crippen molar-refractivity contribution in [3.8, 4) is 11.3 Å². The van der Waals surface area contributed by atoms with Crippen LogP contribution in [0.5, 0.6) is 0 Å². The summed E-state index contributed by atoms with van der Waals surface area (Å²) < 4.78 is 5.72. The van der Waals surface area contributed by atoms with Crippen LogP contribution in [0.1, 0.15) is 35.1 Å². The predicted octanol–water partition coefficient (Wildman–Crippen LogP) is 3.31. The summed E-state index contributed by atoms with van der Waals surface area (Å²) in [4.78, 5) is 4.79. The molecule has 20 heavy (non-hydrogen) atoms. The molecule has 4 rings (SSSR count). The molecule has 1 unspecified atom stereocenters. The third-order valence-corrected chi connectivity index (χ3v) is 5.05.